The second kappa shape index (κ2) is 6.86. The van der Waals surface area contributed by atoms with E-state index >= 15 is 0 Å². The number of likely N-dealkylation sites (N-methyl/N-ethyl adjacent to an activating group) is 1. The van der Waals surface area contributed by atoms with Gasteiger partial charge in [-0.25, -0.2) is 0 Å². The molecule has 0 bridgehead atoms. The number of carbonyl (C=O) groups is 1. The number of hydrogen-bond acceptors (Lipinski definition) is 3. The summed E-state index contributed by atoms with van der Waals surface area (Å²) in [5, 5.41) is 3.16. The fourth-order valence-corrected chi connectivity index (χ4v) is 2.50. The number of rotatable bonds is 5. The minimum atomic E-state index is -0.285. The highest BCUT2D eigenvalue weighted by Crippen LogP contribution is 2.22. The van der Waals surface area contributed by atoms with Gasteiger partial charge in [-0.2, -0.15) is 0 Å². The van der Waals surface area contributed by atoms with Gasteiger partial charge in [0, 0.05) is 29.3 Å². The van der Waals surface area contributed by atoms with E-state index in [0.717, 1.165) is 15.7 Å². The van der Waals surface area contributed by atoms with Crippen molar-refractivity contribution in [1.82, 2.24) is 4.90 Å². The van der Waals surface area contributed by atoms with Crippen LogP contribution in [0.2, 0.25) is 0 Å². The molecule has 0 aliphatic carbocycles. The Morgan fingerprint density at radius 1 is 1.58 bits per heavy atom. The monoisotopic (exact) mass is 343 g/mol. The first-order valence-corrected chi connectivity index (χ1v) is 7.17. The van der Waals surface area contributed by atoms with Crippen molar-refractivity contribution in [2.45, 2.75) is 19.9 Å². The van der Waals surface area contributed by atoms with Gasteiger partial charge >= 0.3 is 0 Å². The number of nitrogens with one attached hydrogen (secondary N) is 1. The van der Waals surface area contributed by atoms with Crippen LogP contribution in [0.5, 0.6) is 0 Å². The number of halogens is 1. The minimum absolute atomic E-state index is 0.0528. The Morgan fingerprint density at radius 2 is 2.21 bits per heavy atom. The van der Waals surface area contributed by atoms with Crippen LogP contribution in [0, 0.1) is 0 Å². The first-order valence-electron chi connectivity index (χ1n) is 5.97. The Balaban J connectivity index is 2.81. The maximum absolute atomic E-state index is 11.9. The molecule has 0 fully saturated rings. The van der Waals surface area contributed by atoms with E-state index in [2.05, 4.69) is 21.2 Å². The van der Waals surface area contributed by atoms with Crippen LogP contribution in [0.3, 0.4) is 0 Å². The van der Waals surface area contributed by atoms with Crippen molar-refractivity contribution in [1.29, 1.82) is 0 Å². The molecule has 0 radical (unpaired) electrons. The maximum atomic E-state index is 11.9. The van der Waals surface area contributed by atoms with Crippen LogP contribution in [0.1, 0.15) is 19.4 Å². The lowest BCUT2D eigenvalue weighted by Gasteiger charge is -2.21. The second-order valence-electron chi connectivity index (χ2n) is 4.28. The Kier molecular flexibility index (Phi) is 5.75. The van der Waals surface area contributed by atoms with Crippen LogP contribution in [-0.4, -0.2) is 35.4 Å². The summed E-state index contributed by atoms with van der Waals surface area (Å²) in [5.74, 6) is 0.0528. The molecule has 1 rings (SSSR count). The molecular weight excluding hydrogens is 326 g/mol. The summed E-state index contributed by atoms with van der Waals surface area (Å²) in [5.41, 5.74) is 7.22. The molecule has 1 aromatic rings. The predicted octanol–water partition coefficient (Wildman–Crippen LogP) is 2.36. The standard InChI is InChI=1S/C13H18BrN3OS/c1-4-17(3)13(18)8(2)16-9-5-6-10(12(15)19)11(14)7-9/h5-8,16H,4H2,1-3H3,(H2,15,19). The average Bonchev–Trinajstić information content (AvgIpc) is 2.36. The van der Waals surface area contributed by atoms with Gasteiger partial charge in [-0.05, 0) is 48.0 Å². The van der Waals surface area contributed by atoms with Crippen LogP contribution in [0.4, 0.5) is 5.69 Å². The van der Waals surface area contributed by atoms with Crippen LogP contribution < -0.4 is 11.1 Å². The highest BCUT2D eigenvalue weighted by Gasteiger charge is 2.16. The molecule has 0 aromatic heterocycles. The molecule has 4 nitrogen and oxygen atoms in total. The van der Waals surface area contributed by atoms with E-state index in [1.165, 1.54) is 0 Å². The molecule has 1 amide bonds. The zero-order valence-corrected chi connectivity index (χ0v) is 13.6. The number of nitrogens with zero attached hydrogens (tertiary/aromatic N) is 1. The zero-order valence-electron chi connectivity index (χ0n) is 11.2. The van der Waals surface area contributed by atoms with Crippen molar-refractivity contribution < 1.29 is 4.79 Å². The Hall–Kier alpha value is -1.14. The van der Waals surface area contributed by atoms with E-state index in [0.29, 0.717) is 11.5 Å². The van der Waals surface area contributed by atoms with Gasteiger partial charge in [0.2, 0.25) is 5.91 Å². The fourth-order valence-electron chi connectivity index (χ4n) is 1.60. The molecule has 0 spiro atoms. The smallest absolute Gasteiger partial charge is 0.244 e. The van der Waals surface area contributed by atoms with E-state index in [1.807, 2.05) is 32.0 Å². The van der Waals surface area contributed by atoms with E-state index in [4.69, 9.17) is 18.0 Å². The van der Waals surface area contributed by atoms with Gasteiger partial charge in [-0.15, -0.1) is 0 Å². The molecule has 0 heterocycles. The molecule has 104 valence electrons. The molecule has 1 unspecified atom stereocenters. The van der Waals surface area contributed by atoms with Gasteiger partial charge < -0.3 is 16.0 Å². The first-order chi connectivity index (χ1) is 8.86. The number of nitrogens with two attached hydrogens (primary N) is 1. The summed E-state index contributed by atoms with van der Waals surface area (Å²) in [7, 11) is 1.78. The molecule has 0 aliphatic rings. The van der Waals surface area contributed by atoms with Gasteiger partial charge in [0.1, 0.15) is 11.0 Å². The lowest BCUT2D eigenvalue weighted by molar-refractivity contribution is -0.130. The number of anilines is 1. The molecule has 0 aliphatic heterocycles. The topological polar surface area (TPSA) is 58.4 Å². The molecule has 1 aromatic carbocycles. The zero-order chi connectivity index (χ0) is 14.6. The summed E-state index contributed by atoms with van der Waals surface area (Å²) >= 11 is 8.35. The summed E-state index contributed by atoms with van der Waals surface area (Å²) in [6.07, 6.45) is 0. The third-order valence-corrected chi connectivity index (χ3v) is 3.71. The Bertz CT molecular complexity index is 493. The van der Waals surface area contributed by atoms with Crippen molar-refractivity contribution in [2.75, 3.05) is 18.9 Å². The van der Waals surface area contributed by atoms with Crippen LogP contribution in [0.15, 0.2) is 22.7 Å². The largest absolute Gasteiger partial charge is 0.389 e. The molecule has 3 N–H and O–H groups in total. The van der Waals surface area contributed by atoms with Gasteiger partial charge in [0.25, 0.3) is 0 Å². The molecule has 0 saturated heterocycles. The van der Waals surface area contributed by atoms with Gasteiger partial charge in [0.15, 0.2) is 0 Å². The highest BCUT2D eigenvalue weighted by atomic mass is 79.9. The number of carbonyl (C=O) groups excluding carboxylic acids is 1. The third-order valence-electron chi connectivity index (χ3n) is 2.84. The van der Waals surface area contributed by atoms with Crippen molar-refractivity contribution in [2.24, 2.45) is 5.73 Å². The highest BCUT2D eigenvalue weighted by molar-refractivity contribution is 9.10. The summed E-state index contributed by atoms with van der Waals surface area (Å²) < 4.78 is 0.813. The van der Waals surface area contributed by atoms with Crippen LogP contribution >= 0.6 is 28.1 Å². The van der Waals surface area contributed by atoms with Crippen molar-refractivity contribution in [3.63, 3.8) is 0 Å². The molecule has 0 saturated carbocycles. The number of thiocarbonyl (C=S) groups is 1. The Labute approximate surface area is 127 Å². The SMILES string of the molecule is CCN(C)C(=O)C(C)Nc1ccc(C(N)=S)c(Br)c1. The lowest BCUT2D eigenvalue weighted by Crippen LogP contribution is -2.38. The van der Waals surface area contributed by atoms with Crippen LogP contribution in [-0.2, 0) is 4.79 Å². The van der Waals surface area contributed by atoms with E-state index in [-0.39, 0.29) is 11.9 Å². The maximum Gasteiger partial charge on any atom is 0.244 e. The predicted molar refractivity (Wildman–Crippen MR) is 86.4 cm³/mol. The average molecular weight is 344 g/mol. The van der Waals surface area contributed by atoms with Crippen molar-refractivity contribution in [3.8, 4) is 0 Å². The van der Waals surface area contributed by atoms with Gasteiger partial charge in [0.05, 0.1) is 0 Å². The van der Waals surface area contributed by atoms with Crippen molar-refractivity contribution >= 4 is 44.7 Å². The molecular formula is C13H18BrN3OS. The number of hydrogen-bond donors (Lipinski definition) is 2. The number of benzene rings is 1. The quantitative estimate of drug-likeness (QED) is 0.805. The fraction of sp³-hybridized carbons (Fsp3) is 0.385. The molecule has 6 heteroatoms. The number of amides is 1. The van der Waals surface area contributed by atoms with Gasteiger partial charge in [-0.3, -0.25) is 4.79 Å². The normalized spacial score (nSPS) is 11.8. The summed E-state index contributed by atoms with van der Waals surface area (Å²) in [4.78, 5) is 14.0. The molecule has 1 atom stereocenters. The van der Waals surface area contributed by atoms with E-state index in [1.54, 1.807) is 11.9 Å². The minimum Gasteiger partial charge on any atom is -0.389 e. The summed E-state index contributed by atoms with van der Waals surface area (Å²) in [6, 6.07) is 5.27. The lowest BCUT2D eigenvalue weighted by atomic mass is 10.2. The van der Waals surface area contributed by atoms with Crippen molar-refractivity contribution in [3.05, 3.63) is 28.2 Å². The molecule has 19 heavy (non-hydrogen) atoms. The third kappa shape index (κ3) is 4.18. The second-order valence-corrected chi connectivity index (χ2v) is 5.57. The van der Waals surface area contributed by atoms with Crippen LogP contribution in [0.25, 0.3) is 0 Å². The summed E-state index contributed by atoms with van der Waals surface area (Å²) in [6.45, 7) is 4.47. The van der Waals surface area contributed by atoms with E-state index in [9.17, 15) is 4.79 Å². The van der Waals surface area contributed by atoms with Gasteiger partial charge in [-0.1, -0.05) is 12.2 Å². The first kappa shape index (κ1) is 15.9. The van der Waals surface area contributed by atoms with E-state index < -0.39 is 0 Å². The Morgan fingerprint density at radius 3 is 2.68 bits per heavy atom.